The third kappa shape index (κ3) is 2.76. The van der Waals surface area contributed by atoms with Crippen LogP contribution in [0.2, 0.25) is 0 Å². The minimum Gasteiger partial charge on any atom is -0.410 e. The van der Waals surface area contributed by atoms with E-state index in [2.05, 4.69) is 62.5 Å². The van der Waals surface area contributed by atoms with Crippen molar-refractivity contribution in [3.63, 3.8) is 0 Å². The second-order valence-corrected chi connectivity index (χ2v) is 7.54. The molecule has 1 unspecified atom stereocenters. The number of carbonyl (C=O) groups is 1. The van der Waals surface area contributed by atoms with Gasteiger partial charge in [-0.3, -0.25) is 0 Å². The van der Waals surface area contributed by atoms with Crippen LogP contribution in [0.25, 0.3) is 10.8 Å². The zero-order valence-corrected chi connectivity index (χ0v) is 14.7. The molecule has 0 bridgehead atoms. The molecule has 0 fully saturated rings. The van der Waals surface area contributed by atoms with Gasteiger partial charge in [-0.15, -0.1) is 0 Å². The van der Waals surface area contributed by atoms with Crippen molar-refractivity contribution >= 4 is 16.9 Å². The van der Waals surface area contributed by atoms with Gasteiger partial charge in [-0.05, 0) is 33.4 Å². The molecule has 0 spiro atoms. The maximum Gasteiger partial charge on any atom is 0.413 e. The van der Waals surface area contributed by atoms with E-state index in [0.29, 0.717) is 5.75 Å². The minimum atomic E-state index is -0.410. The second kappa shape index (κ2) is 5.62. The van der Waals surface area contributed by atoms with Crippen LogP contribution < -0.4 is 10.1 Å². The first kappa shape index (κ1) is 15.7. The molecule has 3 aromatic rings. The number of hydrogen-bond acceptors (Lipinski definition) is 2. The fraction of sp³-hybridized carbons (Fsp3) is 0.227. The minimum absolute atomic E-state index is 0.0993. The van der Waals surface area contributed by atoms with E-state index in [-0.39, 0.29) is 11.5 Å². The number of hydrogen-bond donors (Lipinski definition) is 1. The Kier molecular flexibility index (Phi) is 3.53. The van der Waals surface area contributed by atoms with Crippen LogP contribution in [0.15, 0.2) is 60.7 Å². The van der Waals surface area contributed by atoms with Crippen molar-refractivity contribution in [1.82, 2.24) is 5.32 Å². The molecule has 1 atom stereocenters. The lowest BCUT2D eigenvalue weighted by Crippen LogP contribution is -2.36. The molecule has 3 aromatic carbocycles. The number of rotatable bonds is 1. The molecule has 126 valence electrons. The summed E-state index contributed by atoms with van der Waals surface area (Å²) in [6.07, 6.45) is -0.410. The molecule has 1 aliphatic heterocycles. The summed E-state index contributed by atoms with van der Waals surface area (Å²) in [7, 11) is 0. The number of nitrogens with one attached hydrogen (secondary N) is 1. The molecule has 0 aromatic heterocycles. The number of fused-ring (bicyclic) bond motifs is 3. The van der Waals surface area contributed by atoms with Crippen LogP contribution in [-0.2, 0) is 5.41 Å². The molecule has 0 saturated heterocycles. The quantitative estimate of drug-likeness (QED) is 0.654. The van der Waals surface area contributed by atoms with Crippen LogP contribution in [-0.4, -0.2) is 6.09 Å². The molecule has 0 aliphatic carbocycles. The van der Waals surface area contributed by atoms with Crippen molar-refractivity contribution in [3.8, 4) is 5.75 Å². The zero-order chi connectivity index (χ0) is 17.6. The Morgan fingerprint density at radius 3 is 2.36 bits per heavy atom. The first-order valence-corrected chi connectivity index (χ1v) is 8.54. The van der Waals surface area contributed by atoms with Crippen molar-refractivity contribution in [2.75, 3.05) is 0 Å². The predicted molar refractivity (Wildman–Crippen MR) is 100 cm³/mol. The van der Waals surface area contributed by atoms with Crippen LogP contribution in [0.4, 0.5) is 4.79 Å². The van der Waals surface area contributed by atoms with Gasteiger partial charge in [-0.25, -0.2) is 4.79 Å². The molecule has 0 radical (unpaired) electrons. The monoisotopic (exact) mass is 331 g/mol. The van der Waals surface area contributed by atoms with E-state index in [4.69, 9.17) is 4.74 Å². The number of benzene rings is 3. The molecule has 25 heavy (non-hydrogen) atoms. The van der Waals surface area contributed by atoms with Gasteiger partial charge in [0.25, 0.3) is 0 Å². The Hall–Kier alpha value is -2.81. The maximum absolute atomic E-state index is 12.0. The highest BCUT2D eigenvalue weighted by Crippen LogP contribution is 2.39. The summed E-state index contributed by atoms with van der Waals surface area (Å²) in [6.45, 7) is 6.59. The zero-order valence-electron chi connectivity index (χ0n) is 14.7. The molecule has 1 aliphatic rings. The van der Waals surface area contributed by atoms with Gasteiger partial charge < -0.3 is 10.1 Å². The van der Waals surface area contributed by atoms with Gasteiger partial charge in [-0.2, -0.15) is 0 Å². The van der Waals surface area contributed by atoms with Crippen molar-refractivity contribution < 1.29 is 9.53 Å². The summed E-state index contributed by atoms with van der Waals surface area (Å²) >= 11 is 0. The number of amides is 1. The Bertz CT molecular complexity index is 952. The fourth-order valence-corrected chi connectivity index (χ4v) is 3.41. The highest BCUT2D eigenvalue weighted by atomic mass is 16.6. The topological polar surface area (TPSA) is 38.3 Å². The predicted octanol–water partition coefficient (Wildman–Crippen LogP) is 5.33. The van der Waals surface area contributed by atoms with E-state index in [1.54, 1.807) is 0 Å². The molecular formula is C22H21NO2. The Balaban J connectivity index is 1.87. The number of ether oxygens (including phenoxy) is 1. The molecular weight excluding hydrogens is 310 g/mol. The van der Waals surface area contributed by atoms with Crippen molar-refractivity contribution in [2.45, 2.75) is 32.2 Å². The average molecular weight is 331 g/mol. The Morgan fingerprint density at radius 1 is 0.920 bits per heavy atom. The maximum atomic E-state index is 12.0. The van der Waals surface area contributed by atoms with Crippen molar-refractivity contribution in [3.05, 3.63) is 77.4 Å². The highest BCUT2D eigenvalue weighted by Gasteiger charge is 2.29. The van der Waals surface area contributed by atoms with Gasteiger partial charge in [0, 0.05) is 5.56 Å². The molecule has 4 rings (SSSR count). The molecule has 3 heteroatoms. The Labute approximate surface area is 147 Å². The molecule has 0 saturated carbocycles. The van der Waals surface area contributed by atoms with E-state index < -0.39 is 6.09 Å². The smallest absolute Gasteiger partial charge is 0.410 e. The van der Waals surface area contributed by atoms with Gasteiger partial charge in [0.1, 0.15) is 5.75 Å². The van der Waals surface area contributed by atoms with Crippen molar-refractivity contribution in [1.29, 1.82) is 0 Å². The van der Waals surface area contributed by atoms with Gasteiger partial charge in [0.05, 0.1) is 6.04 Å². The van der Waals surface area contributed by atoms with Crippen LogP contribution in [0.5, 0.6) is 5.75 Å². The first-order valence-electron chi connectivity index (χ1n) is 8.54. The van der Waals surface area contributed by atoms with E-state index in [1.165, 1.54) is 5.56 Å². The van der Waals surface area contributed by atoms with Gasteiger partial charge >= 0.3 is 6.09 Å². The second-order valence-electron chi connectivity index (χ2n) is 7.54. The van der Waals surface area contributed by atoms with E-state index in [0.717, 1.165) is 21.9 Å². The third-order valence-corrected chi connectivity index (χ3v) is 4.79. The average Bonchev–Trinajstić information content (AvgIpc) is 2.60. The SMILES string of the molecule is CC(C)(C)c1ccc(C2NC(=O)Oc3ccc4ccccc4c32)cc1. The van der Waals surface area contributed by atoms with Gasteiger partial charge in [-0.1, -0.05) is 75.4 Å². The van der Waals surface area contributed by atoms with Crippen LogP contribution in [0.1, 0.15) is 43.5 Å². The normalized spacial score (nSPS) is 16.9. The van der Waals surface area contributed by atoms with E-state index in [9.17, 15) is 4.79 Å². The number of carbonyl (C=O) groups excluding carboxylic acids is 1. The van der Waals surface area contributed by atoms with Crippen LogP contribution in [0, 0.1) is 0 Å². The molecule has 1 heterocycles. The fourth-order valence-electron chi connectivity index (χ4n) is 3.41. The van der Waals surface area contributed by atoms with E-state index >= 15 is 0 Å². The lowest BCUT2D eigenvalue weighted by Gasteiger charge is -2.28. The standard InChI is InChI=1S/C22H21NO2/c1-22(2,3)16-11-8-15(9-12-16)20-19-17-7-5-4-6-14(17)10-13-18(19)25-21(24)23-20/h4-13,20H,1-3H3,(H,23,24). The third-order valence-electron chi connectivity index (χ3n) is 4.79. The summed E-state index contributed by atoms with van der Waals surface area (Å²) in [6, 6.07) is 20.3. The van der Waals surface area contributed by atoms with Crippen molar-refractivity contribution in [2.24, 2.45) is 0 Å². The lowest BCUT2D eigenvalue weighted by atomic mass is 9.85. The van der Waals surface area contributed by atoms with Gasteiger partial charge in [0.2, 0.25) is 0 Å². The van der Waals surface area contributed by atoms with Gasteiger partial charge in [0.15, 0.2) is 0 Å². The summed E-state index contributed by atoms with van der Waals surface area (Å²) < 4.78 is 5.42. The van der Waals surface area contributed by atoms with E-state index in [1.807, 2.05) is 24.3 Å². The van der Waals surface area contributed by atoms with Crippen LogP contribution in [0.3, 0.4) is 0 Å². The summed E-state index contributed by atoms with van der Waals surface area (Å²) in [5, 5.41) is 5.22. The molecule has 1 amide bonds. The first-order chi connectivity index (χ1) is 11.9. The molecule has 3 nitrogen and oxygen atoms in total. The Morgan fingerprint density at radius 2 is 1.64 bits per heavy atom. The summed E-state index contributed by atoms with van der Waals surface area (Å²) in [5.74, 6) is 0.632. The van der Waals surface area contributed by atoms with Crippen LogP contribution >= 0.6 is 0 Å². The highest BCUT2D eigenvalue weighted by molar-refractivity contribution is 5.91. The lowest BCUT2D eigenvalue weighted by molar-refractivity contribution is 0.191. The molecule has 1 N–H and O–H groups in total. The summed E-state index contributed by atoms with van der Waals surface area (Å²) in [5.41, 5.74) is 3.44. The summed E-state index contributed by atoms with van der Waals surface area (Å²) in [4.78, 5) is 12.0. The largest absolute Gasteiger partial charge is 0.413 e.